The maximum absolute atomic E-state index is 13.3. The maximum Gasteiger partial charge on any atom is 0.322 e. The van der Waals surface area contributed by atoms with E-state index in [-0.39, 0.29) is 17.6 Å². The Bertz CT molecular complexity index is 1310. The molecule has 1 aromatic heterocycles. The standard InChI is InChI=1S/C25H26N4O2/c1-4-22(23-26-21-15-9-8-14-19(21)24(30)28(23)3)29(5-2)25(31)27-20-16-10-12-17-11-6-7-13-18(17)20/h6-16,22H,4-5H2,1-3H3,(H,27,31). The number of fused-ring (bicyclic) bond motifs is 2. The molecule has 0 bridgehead atoms. The van der Waals surface area contributed by atoms with Gasteiger partial charge in [0.1, 0.15) is 5.82 Å². The van der Waals surface area contributed by atoms with E-state index in [1.807, 2.05) is 74.5 Å². The summed E-state index contributed by atoms with van der Waals surface area (Å²) in [4.78, 5) is 32.7. The number of rotatable bonds is 5. The Morgan fingerprint density at radius 3 is 2.42 bits per heavy atom. The summed E-state index contributed by atoms with van der Waals surface area (Å²) in [7, 11) is 1.72. The molecule has 0 aliphatic rings. The highest BCUT2D eigenvalue weighted by Gasteiger charge is 2.27. The van der Waals surface area contributed by atoms with E-state index in [0.717, 1.165) is 16.5 Å². The van der Waals surface area contributed by atoms with E-state index in [2.05, 4.69) is 5.32 Å². The summed E-state index contributed by atoms with van der Waals surface area (Å²) < 4.78 is 1.56. The number of hydrogen-bond donors (Lipinski definition) is 1. The van der Waals surface area contributed by atoms with Gasteiger partial charge in [-0.1, -0.05) is 55.5 Å². The molecule has 31 heavy (non-hydrogen) atoms. The lowest BCUT2D eigenvalue weighted by molar-refractivity contribution is 0.185. The molecule has 0 aliphatic heterocycles. The molecule has 0 saturated heterocycles. The fraction of sp³-hybridized carbons (Fsp3) is 0.240. The van der Waals surface area contributed by atoms with Crippen LogP contribution in [0.2, 0.25) is 0 Å². The zero-order chi connectivity index (χ0) is 22.0. The van der Waals surface area contributed by atoms with Gasteiger partial charge in [-0.3, -0.25) is 9.36 Å². The maximum atomic E-state index is 13.3. The Labute approximate surface area is 181 Å². The van der Waals surface area contributed by atoms with Gasteiger partial charge in [-0.2, -0.15) is 0 Å². The van der Waals surface area contributed by atoms with E-state index in [0.29, 0.717) is 29.7 Å². The number of urea groups is 1. The van der Waals surface area contributed by atoms with E-state index in [4.69, 9.17) is 4.98 Å². The Morgan fingerprint density at radius 1 is 1.00 bits per heavy atom. The predicted octanol–water partition coefficient (Wildman–Crippen LogP) is 5.09. The lowest BCUT2D eigenvalue weighted by Crippen LogP contribution is -2.40. The molecule has 3 aromatic carbocycles. The molecule has 6 nitrogen and oxygen atoms in total. The highest BCUT2D eigenvalue weighted by molar-refractivity contribution is 6.01. The summed E-state index contributed by atoms with van der Waals surface area (Å²) in [5, 5.41) is 5.69. The Balaban J connectivity index is 1.72. The van der Waals surface area contributed by atoms with Crippen LogP contribution >= 0.6 is 0 Å². The lowest BCUT2D eigenvalue weighted by atomic mass is 10.1. The topological polar surface area (TPSA) is 67.2 Å². The summed E-state index contributed by atoms with van der Waals surface area (Å²) in [5.41, 5.74) is 1.30. The number of carbonyl (C=O) groups excluding carboxylic acids is 1. The van der Waals surface area contributed by atoms with Gasteiger partial charge in [-0.05, 0) is 36.9 Å². The Kier molecular flexibility index (Phi) is 5.71. The van der Waals surface area contributed by atoms with Crippen LogP contribution in [0.1, 0.15) is 32.1 Å². The van der Waals surface area contributed by atoms with Crippen molar-refractivity contribution in [2.45, 2.75) is 26.3 Å². The molecule has 0 spiro atoms. The zero-order valence-corrected chi connectivity index (χ0v) is 18.0. The minimum Gasteiger partial charge on any atom is -0.315 e. The molecule has 1 heterocycles. The molecule has 0 fully saturated rings. The molecule has 0 radical (unpaired) electrons. The highest BCUT2D eigenvalue weighted by atomic mass is 16.2. The molecule has 158 valence electrons. The van der Waals surface area contributed by atoms with Crippen LogP contribution in [-0.2, 0) is 7.05 Å². The number of para-hydroxylation sites is 1. The van der Waals surface area contributed by atoms with Gasteiger partial charge in [-0.25, -0.2) is 9.78 Å². The number of nitrogens with zero attached hydrogens (tertiary/aromatic N) is 3. The average molecular weight is 415 g/mol. The summed E-state index contributed by atoms with van der Waals surface area (Å²) in [6.45, 7) is 4.42. The molecule has 2 amide bonds. The van der Waals surface area contributed by atoms with Crippen molar-refractivity contribution >= 4 is 33.4 Å². The van der Waals surface area contributed by atoms with Crippen molar-refractivity contribution in [1.82, 2.24) is 14.5 Å². The molecule has 1 atom stereocenters. The fourth-order valence-corrected chi connectivity index (χ4v) is 4.10. The minimum atomic E-state index is -0.331. The summed E-state index contributed by atoms with van der Waals surface area (Å²) >= 11 is 0. The van der Waals surface area contributed by atoms with E-state index in [1.165, 1.54) is 0 Å². The van der Waals surface area contributed by atoms with Crippen LogP contribution in [0.15, 0.2) is 71.5 Å². The number of carbonyl (C=O) groups is 1. The Morgan fingerprint density at radius 2 is 1.68 bits per heavy atom. The van der Waals surface area contributed by atoms with E-state index >= 15 is 0 Å². The van der Waals surface area contributed by atoms with Gasteiger partial charge in [0.2, 0.25) is 0 Å². The highest BCUT2D eigenvalue weighted by Crippen LogP contribution is 2.27. The Hall–Kier alpha value is -3.67. The molecule has 1 N–H and O–H groups in total. The van der Waals surface area contributed by atoms with Gasteiger partial charge in [0, 0.05) is 19.0 Å². The van der Waals surface area contributed by atoms with Crippen LogP contribution in [0.3, 0.4) is 0 Å². The molecule has 4 rings (SSSR count). The van der Waals surface area contributed by atoms with Crippen molar-refractivity contribution in [3.63, 3.8) is 0 Å². The third kappa shape index (κ3) is 3.77. The molecule has 4 aromatic rings. The van der Waals surface area contributed by atoms with Crippen LogP contribution in [0, 0.1) is 0 Å². The summed E-state index contributed by atoms with van der Waals surface area (Å²) in [6, 6.07) is 20.6. The van der Waals surface area contributed by atoms with Gasteiger partial charge in [0.25, 0.3) is 5.56 Å². The van der Waals surface area contributed by atoms with Crippen LogP contribution in [0.25, 0.3) is 21.7 Å². The van der Waals surface area contributed by atoms with Gasteiger partial charge >= 0.3 is 6.03 Å². The van der Waals surface area contributed by atoms with Crippen molar-refractivity contribution in [2.75, 3.05) is 11.9 Å². The van der Waals surface area contributed by atoms with Crippen molar-refractivity contribution in [3.05, 3.63) is 82.9 Å². The van der Waals surface area contributed by atoms with E-state index in [1.54, 1.807) is 22.6 Å². The zero-order valence-electron chi connectivity index (χ0n) is 18.0. The number of aromatic nitrogens is 2. The molecular weight excluding hydrogens is 388 g/mol. The van der Waals surface area contributed by atoms with Crippen LogP contribution < -0.4 is 10.9 Å². The van der Waals surface area contributed by atoms with Crippen molar-refractivity contribution < 1.29 is 4.79 Å². The van der Waals surface area contributed by atoms with E-state index < -0.39 is 0 Å². The second kappa shape index (κ2) is 8.60. The second-order valence-electron chi connectivity index (χ2n) is 7.52. The van der Waals surface area contributed by atoms with Crippen molar-refractivity contribution in [3.8, 4) is 0 Å². The second-order valence-corrected chi connectivity index (χ2v) is 7.52. The first-order chi connectivity index (χ1) is 15.0. The number of amides is 2. The van der Waals surface area contributed by atoms with Gasteiger partial charge in [0.05, 0.1) is 22.6 Å². The number of hydrogen-bond acceptors (Lipinski definition) is 3. The monoisotopic (exact) mass is 414 g/mol. The molecule has 1 unspecified atom stereocenters. The predicted molar refractivity (Wildman–Crippen MR) is 125 cm³/mol. The smallest absolute Gasteiger partial charge is 0.315 e. The fourth-order valence-electron chi connectivity index (χ4n) is 4.10. The molecule has 0 aliphatic carbocycles. The lowest BCUT2D eigenvalue weighted by Gasteiger charge is -2.31. The summed E-state index contributed by atoms with van der Waals surface area (Å²) in [6.07, 6.45) is 0.634. The molecule has 0 saturated carbocycles. The van der Waals surface area contributed by atoms with E-state index in [9.17, 15) is 9.59 Å². The largest absolute Gasteiger partial charge is 0.322 e. The van der Waals surface area contributed by atoms with Gasteiger partial charge in [0.15, 0.2) is 0 Å². The summed E-state index contributed by atoms with van der Waals surface area (Å²) in [5.74, 6) is 0.584. The SMILES string of the molecule is CCC(c1nc2ccccc2c(=O)n1C)N(CC)C(=O)Nc1cccc2ccccc12. The van der Waals surface area contributed by atoms with Gasteiger partial charge in [-0.15, -0.1) is 0 Å². The third-order valence-electron chi connectivity index (χ3n) is 5.71. The van der Waals surface area contributed by atoms with Crippen molar-refractivity contribution in [1.29, 1.82) is 0 Å². The number of anilines is 1. The molecule has 6 heteroatoms. The van der Waals surface area contributed by atoms with Crippen LogP contribution in [-0.4, -0.2) is 27.0 Å². The minimum absolute atomic E-state index is 0.107. The first-order valence-corrected chi connectivity index (χ1v) is 10.6. The molecular formula is C25H26N4O2. The van der Waals surface area contributed by atoms with Crippen molar-refractivity contribution in [2.24, 2.45) is 7.05 Å². The van der Waals surface area contributed by atoms with Gasteiger partial charge < -0.3 is 10.2 Å². The number of benzene rings is 3. The first-order valence-electron chi connectivity index (χ1n) is 10.6. The first kappa shape index (κ1) is 20.6. The normalized spacial score (nSPS) is 12.1. The quantitative estimate of drug-likeness (QED) is 0.494. The van der Waals surface area contributed by atoms with Crippen LogP contribution in [0.5, 0.6) is 0 Å². The average Bonchev–Trinajstić information content (AvgIpc) is 2.80. The number of nitrogens with one attached hydrogen (secondary N) is 1. The van der Waals surface area contributed by atoms with Crippen LogP contribution in [0.4, 0.5) is 10.5 Å². The third-order valence-corrected chi connectivity index (χ3v) is 5.71.